The second-order valence-corrected chi connectivity index (χ2v) is 5.40. The fourth-order valence-corrected chi connectivity index (χ4v) is 3.10. The van der Waals surface area contributed by atoms with Gasteiger partial charge in [0.1, 0.15) is 5.75 Å². The Hall–Kier alpha value is -1.48. The molecule has 1 unspecified atom stereocenters. The van der Waals surface area contributed by atoms with Crippen LogP contribution in [-0.2, 0) is 0 Å². The maximum Gasteiger partial charge on any atom is 0.150 e. The third-order valence-electron chi connectivity index (χ3n) is 3.08. The Bertz CT molecular complexity index is 547. The lowest BCUT2D eigenvalue weighted by atomic mass is 10.1. The van der Waals surface area contributed by atoms with Crippen LogP contribution in [0.4, 0.5) is 5.69 Å². The van der Waals surface area contributed by atoms with Gasteiger partial charge in [-0.2, -0.15) is 0 Å². The summed E-state index contributed by atoms with van der Waals surface area (Å²) in [5.74, 6) is 0.958. The van der Waals surface area contributed by atoms with E-state index in [0.29, 0.717) is 0 Å². The van der Waals surface area contributed by atoms with E-state index < -0.39 is 0 Å². The van der Waals surface area contributed by atoms with E-state index in [1.54, 1.807) is 11.3 Å². The monoisotopic (exact) mass is 245 g/mol. The van der Waals surface area contributed by atoms with Gasteiger partial charge in [-0.05, 0) is 48.6 Å². The lowest BCUT2D eigenvalue weighted by molar-refractivity contribution is 0.213. The molecule has 3 rings (SSSR count). The lowest BCUT2D eigenvalue weighted by Crippen LogP contribution is -2.23. The number of rotatable bonds is 1. The molecule has 0 bridgehead atoms. The number of hydrogen-bond acceptors (Lipinski definition) is 3. The Balaban J connectivity index is 1.91. The molecule has 0 radical (unpaired) electrons. The maximum absolute atomic E-state index is 6.06. The highest BCUT2D eigenvalue weighted by atomic mass is 32.1. The summed E-state index contributed by atoms with van der Waals surface area (Å²) >= 11 is 1.77. The lowest BCUT2D eigenvalue weighted by Gasteiger charge is -2.27. The van der Waals surface area contributed by atoms with Gasteiger partial charge in [0.05, 0.1) is 12.2 Å². The highest BCUT2D eigenvalue weighted by Gasteiger charge is 2.22. The summed E-state index contributed by atoms with van der Waals surface area (Å²) in [5, 5.41) is 5.57. The molecule has 1 N–H and O–H groups in total. The van der Waals surface area contributed by atoms with Crippen molar-refractivity contribution in [3.05, 3.63) is 45.6 Å². The second-order valence-electron chi connectivity index (χ2n) is 4.45. The minimum absolute atomic E-state index is 0.144. The van der Waals surface area contributed by atoms with Crippen LogP contribution in [0.15, 0.2) is 29.6 Å². The fraction of sp³-hybridized carbons (Fsp3) is 0.286. The topological polar surface area (TPSA) is 21.3 Å². The number of nitrogens with one attached hydrogen (secondary N) is 1. The highest BCUT2D eigenvalue weighted by Crippen LogP contribution is 2.37. The van der Waals surface area contributed by atoms with E-state index in [0.717, 1.165) is 18.0 Å². The van der Waals surface area contributed by atoms with Crippen LogP contribution >= 0.6 is 11.3 Å². The third-order valence-corrected chi connectivity index (χ3v) is 4.19. The van der Waals surface area contributed by atoms with Crippen molar-refractivity contribution in [2.75, 3.05) is 11.9 Å². The number of thiophene rings is 1. The zero-order chi connectivity index (χ0) is 11.8. The fourth-order valence-electron chi connectivity index (χ4n) is 2.14. The van der Waals surface area contributed by atoms with Gasteiger partial charge in [-0.15, -0.1) is 11.3 Å². The smallest absolute Gasteiger partial charge is 0.150 e. The quantitative estimate of drug-likeness (QED) is 0.822. The van der Waals surface area contributed by atoms with Crippen LogP contribution in [0.1, 0.15) is 22.1 Å². The van der Waals surface area contributed by atoms with Gasteiger partial charge in [0.2, 0.25) is 0 Å². The minimum atomic E-state index is 0.144. The van der Waals surface area contributed by atoms with Gasteiger partial charge in [0.25, 0.3) is 0 Å². The summed E-state index contributed by atoms with van der Waals surface area (Å²) in [5.41, 5.74) is 3.68. The Kier molecular flexibility index (Phi) is 2.56. The zero-order valence-corrected chi connectivity index (χ0v) is 10.8. The van der Waals surface area contributed by atoms with E-state index >= 15 is 0 Å². The molecule has 1 aliphatic rings. The molecule has 2 nitrogen and oxygen atoms in total. The van der Waals surface area contributed by atoms with Crippen molar-refractivity contribution in [3.8, 4) is 5.75 Å². The molecule has 3 heteroatoms. The molecule has 0 saturated heterocycles. The van der Waals surface area contributed by atoms with Gasteiger partial charge in [-0.3, -0.25) is 0 Å². The first kappa shape index (κ1) is 10.7. The van der Waals surface area contributed by atoms with Gasteiger partial charge < -0.3 is 10.1 Å². The molecule has 1 aromatic carbocycles. The normalized spacial score (nSPS) is 18.1. The number of aryl methyl sites for hydroxylation is 2. The van der Waals surface area contributed by atoms with Crippen LogP contribution in [0.2, 0.25) is 0 Å². The molecule has 0 fully saturated rings. The highest BCUT2D eigenvalue weighted by molar-refractivity contribution is 7.10. The van der Waals surface area contributed by atoms with E-state index in [1.807, 2.05) is 6.07 Å². The predicted molar refractivity (Wildman–Crippen MR) is 72.1 cm³/mol. The van der Waals surface area contributed by atoms with Gasteiger partial charge in [0, 0.05) is 4.88 Å². The SMILES string of the molecule is Cc1ccc2c(c1)NCC(c1sccc1C)O2. The molecular formula is C14H15NOS. The summed E-state index contributed by atoms with van der Waals surface area (Å²) in [6.07, 6.45) is 0.144. The van der Waals surface area contributed by atoms with Crippen molar-refractivity contribution in [1.29, 1.82) is 0 Å². The van der Waals surface area contributed by atoms with Crippen molar-refractivity contribution in [3.63, 3.8) is 0 Å². The molecule has 0 aliphatic carbocycles. The Morgan fingerprint density at radius 2 is 2.18 bits per heavy atom. The molecule has 1 atom stereocenters. The van der Waals surface area contributed by atoms with E-state index in [2.05, 4.69) is 42.7 Å². The van der Waals surface area contributed by atoms with Crippen molar-refractivity contribution in [2.24, 2.45) is 0 Å². The predicted octanol–water partition coefficient (Wildman–Crippen LogP) is 3.91. The van der Waals surface area contributed by atoms with Crippen LogP contribution in [0.25, 0.3) is 0 Å². The summed E-state index contributed by atoms with van der Waals surface area (Å²) in [7, 11) is 0. The number of benzene rings is 1. The van der Waals surface area contributed by atoms with Crippen molar-refractivity contribution in [2.45, 2.75) is 20.0 Å². The molecule has 1 aromatic heterocycles. The molecule has 88 valence electrons. The summed E-state index contributed by atoms with van der Waals surface area (Å²) in [6, 6.07) is 8.41. The van der Waals surface area contributed by atoms with Gasteiger partial charge in [-0.1, -0.05) is 6.07 Å². The molecular weight excluding hydrogens is 230 g/mol. The van der Waals surface area contributed by atoms with Crippen LogP contribution in [0, 0.1) is 13.8 Å². The van der Waals surface area contributed by atoms with Gasteiger partial charge >= 0.3 is 0 Å². The Morgan fingerprint density at radius 3 is 2.94 bits per heavy atom. The van der Waals surface area contributed by atoms with E-state index in [1.165, 1.54) is 16.0 Å². The van der Waals surface area contributed by atoms with Crippen molar-refractivity contribution >= 4 is 17.0 Å². The Labute approximate surface area is 105 Å². The Morgan fingerprint density at radius 1 is 1.29 bits per heavy atom. The van der Waals surface area contributed by atoms with Crippen molar-refractivity contribution < 1.29 is 4.74 Å². The molecule has 0 amide bonds. The van der Waals surface area contributed by atoms with E-state index in [-0.39, 0.29) is 6.10 Å². The van der Waals surface area contributed by atoms with Gasteiger partial charge in [-0.25, -0.2) is 0 Å². The van der Waals surface area contributed by atoms with E-state index in [9.17, 15) is 0 Å². The van der Waals surface area contributed by atoms with Crippen molar-refractivity contribution in [1.82, 2.24) is 0 Å². The number of hydrogen-bond donors (Lipinski definition) is 1. The first-order chi connectivity index (χ1) is 8.24. The zero-order valence-electron chi connectivity index (χ0n) is 9.99. The van der Waals surface area contributed by atoms with Crippen LogP contribution in [0.3, 0.4) is 0 Å². The molecule has 17 heavy (non-hydrogen) atoms. The third kappa shape index (κ3) is 1.91. The first-order valence-corrected chi connectivity index (χ1v) is 6.67. The molecule has 0 saturated carbocycles. The summed E-state index contributed by atoms with van der Waals surface area (Å²) < 4.78 is 6.06. The summed E-state index contributed by atoms with van der Waals surface area (Å²) in [6.45, 7) is 5.08. The molecule has 0 spiro atoms. The summed E-state index contributed by atoms with van der Waals surface area (Å²) in [4.78, 5) is 1.32. The average Bonchev–Trinajstić information content (AvgIpc) is 2.75. The average molecular weight is 245 g/mol. The largest absolute Gasteiger partial charge is 0.481 e. The van der Waals surface area contributed by atoms with Crippen LogP contribution in [-0.4, -0.2) is 6.54 Å². The molecule has 1 aliphatic heterocycles. The van der Waals surface area contributed by atoms with E-state index in [4.69, 9.17) is 4.74 Å². The molecule has 2 aromatic rings. The van der Waals surface area contributed by atoms with Crippen LogP contribution in [0.5, 0.6) is 5.75 Å². The maximum atomic E-state index is 6.06. The molecule has 2 heterocycles. The standard InChI is InChI=1S/C14H15NOS/c1-9-3-4-12-11(7-9)15-8-13(16-12)14-10(2)5-6-17-14/h3-7,13,15H,8H2,1-2H3. The minimum Gasteiger partial charge on any atom is -0.481 e. The second kappa shape index (κ2) is 4.08. The first-order valence-electron chi connectivity index (χ1n) is 5.79. The number of ether oxygens (including phenoxy) is 1. The van der Waals surface area contributed by atoms with Crippen LogP contribution < -0.4 is 10.1 Å². The van der Waals surface area contributed by atoms with Gasteiger partial charge in [0.15, 0.2) is 6.10 Å². The number of fused-ring (bicyclic) bond motifs is 1. The number of anilines is 1.